The van der Waals surface area contributed by atoms with Crippen LogP contribution in [0.4, 0.5) is 5.69 Å². The van der Waals surface area contributed by atoms with E-state index in [2.05, 4.69) is 0 Å². The molecule has 1 aromatic heterocycles. The molecule has 0 bridgehead atoms. The molecule has 0 aliphatic carbocycles. The lowest BCUT2D eigenvalue weighted by molar-refractivity contribution is -0.688. The van der Waals surface area contributed by atoms with Gasteiger partial charge >= 0.3 is 0 Å². The Hall–Kier alpha value is -4.66. The first-order valence-corrected chi connectivity index (χ1v) is 11.4. The van der Waals surface area contributed by atoms with Crippen molar-refractivity contribution in [3.05, 3.63) is 93.8 Å². The van der Waals surface area contributed by atoms with E-state index < -0.39 is 4.92 Å². The second kappa shape index (κ2) is 10.9. The third-order valence-corrected chi connectivity index (χ3v) is 6.16. The van der Waals surface area contributed by atoms with Crippen molar-refractivity contribution in [3.8, 4) is 23.0 Å². The van der Waals surface area contributed by atoms with E-state index in [1.54, 1.807) is 34.5 Å². The maximum Gasteiger partial charge on any atom is 0.270 e. The molecule has 0 N–H and O–H groups in total. The number of carbonyl (C=O) groups is 1. The molecule has 0 spiro atoms. The Labute approximate surface area is 213 Å². The monoisotopic (exact) mass is 503 g/mol. The summed E-state index contributed by atoms with van der Waals surface area (Å²) in [4.78, 5) is 23.9. The number of nitro groups is 1. The molecule has 0 atom stereocenters. The van der Waals surface area contributed by atoms with Crippen LogP contribution in [0.3, 0.4) is 0 Å². The Morgan fingerprint density at radius 3 is 2.19 bits per heavy atom. The molecule has 0 saturated heterocycles. The van der Waals surface area contributed by atoms with Crippen LogP contribution in [0.2, 0.25) is 0 Å². The van der Waals surface area contributed by atoms with Crippen LogP contribution in [-0.2, 0) is 13.0 Å². The van der Waals surface area contributed by atoms with Gasteiger partial charge in [-0.25, -0.2) is 0 Å². The average Bonchev–Trinajstić information content (AvgIpc) is 2.93. The summed E-state index contributed by atoms with van der Waals surface area (Å²) < 4.78 is 23.7. The zero-order chi connectivity index (χ0) is 26.5. The standard InChI is InChI=1S/C28H27N2O7/c1-34-25-9-8-18(13-26(25)35-2)12-23-22-16-28(37-4)27(36-3)15-19(22)10-11-29(23)17-24(31)20-6-5-7-21(14-20)30(32)33/h5-11,13-16H,12,17H2,1-4H3/q+1. The third kappa shape index (κ3) is 5.30. The number of carbonyl (C=O) groups excluding carboxylic acids is 1. The first kappa shape index (κ1) is 25.4. The number of aromatic nitrogens is 1. The summed E-state index contributed by atoms with van der Waals surface area (Å²) in [6.07, 6.45) is 2.30. The number of ether oxygens (including phenoxy) is 4. The highest BCUT2D eigenvalue weighted by molar-refractivity contribution is 5.96. The van der Waals surface area contributed by atoms with Gasteiger partial charge in [0.2, 0.25) is 12.3 Å². The molecular weight excluding hydrogens is 476 g/mol. The predicted octanol–water partition coefficient (Wildman–Crippen LogP) is 4.54. The van der Waals surface area contributed by atoms with Gasteiger partial charge in [-0.2, -0.15) is 4.57 Å². The molecule has 0 aliphatic rings. The van der Waals surface area contributed by atoms with E-state index in [1.165, 1.54) is 18.2 Å². The van der Waals surface area contributed by atoms with Gasteiger partial charge in [-0.05, 0) is 35.2 Å². The van der Waals surface area contributed by atoms with Crippen molar-refractivity contribution in [2.75, 3.05) is 28.4 Å². The van der Waals surface area contributed by atoms with E-state index >= 15 is 0 Å². The second-order valence-electron chi connectivity index (χ2n) is 8.28. The van der Waals surface area contributed by atoms with Crippen molar-refractivity contribution in [1.82, 2.24) is 0 Å². The van der Waals surface area contributed by atoms with Crippen LogP contribution in [-0.4, -0.2) is 39.1 Å². The smallest absolute Gasteiger partial charge is 0.270 e. The highest BCUT2D eigenvalue weighted by Gasteiger charge is 2.23. The topological polar surface area (TPSA) is 101 Å². The fourth-order valence-electron chi connectivity index (χ4n) is 4.27. The molecule has 0 aliphatic heterocycles. The Kier molecular flexibility index (Phi) is 7.52. The van der Waals surface area contributed by atoms with Gasteiger partial charge in [0.1, 0.15) is 0 Å². The molecular formula is C28H27N2O7+. The molecule has 9 nitrogen and oxygen atoms in total. The number of hydrogen-bond acceptors (Lipinski definition) is 7. The Morgan fingerprint density at radius 1 is 0.838 bits per heavy atom. The van der Waals surface area contributed by atoms with Gasteiger partial charge in [-0.1, -0.05) is 18.2 Å². The summed E-state index contributed by atoms with van der Waals surface area (Å²) in [6, 6.07) is 17.1. The van der Waals surface area contributed by atoms with Gasteiger partial charge in [-0.3, -0.25) is 14.9 Å². The van der Waals surface area contributed by atoms with Crippen LogP contribution < -0.4 is 23.5 Å². The summed E-state index contributed by atoms with van der Waals surface area (Å²) in [6.45, 7) is -0.00588. The number of nitrogens with zero attached hydrogens (tertiary/aromatic N) is 2. The zero-order valence-corrected chi connectivity index (χ0v) is 21.0. The van der Waals surface area contributed by atoms with Gasteiger partial charge in [0.25, 0.3) is 5.69 Å². The van der Waals surface area contributed by atoms with Crippen LogP contribution in [0, 0.1) is 10.1 Å². The lowest BCUT2D eigenvalue weighted by Crippen LogP contribution is -2.42. The summed E-state index contributed by atoms with van der Waals surface area (Å²) >= 11 is 0. The number of nitro benzene ring substituents is 1. The van der Waals surface area contributed by atoms with E-state index in [0.29, 0.717) is 29.4 Å². The number of rotatable bonds is 10. The van der Waals surface area contributed by atoms with Crippen molar-refractivity contribution >= 4 is 22.2 Å². The SMILES string of the molecule is COc1ccc(Cc2c3cc(OC)c(OC)cc3cc[n+]2CC(=O)c2cccc([N+](=O)[O-])c2)cc1OC. The van der Waals surface area contributed by atoms with E-state index in [0.717, 1.165) is 22.0 Å². The minimum Gasteiger partial charge on any atom is -0.493 e. The van der Waals surface area contributed by atoms with E-state index in [4.69, 9.17) is 18.9 Å². The number of non-ortho nitro benzene ring substituents is 1. The van der Waals surface area contributed by atoms with Crippen LogP contribution in [0.1, 0.15) is 21.6 Å². The maximum absolute atomic E-state index is 13.2. The fourth-order valence-corrected chi connectivity index (χ4v) is 4.27. The third-order valence-electron chi connectivity index (χ3n) is 6.16. The number of methoxy groups -OCH3 is 4. The molecule has 4 rings (SSSR count). The number of pyridine rings is 1. The molecule has 0 fully saturated rings. The Bertz CT molecular complexity index is 1480. The molecule has 0 unspecified atom stereocenters. The molecule has 0 amide bonds. The highest BCUT2D eigenvalue weighted by atomic mass is 16.6. The number of fused-ring (bicyclic) bond motifs is 1. The van der Waals surface area contributed by atoms with Gasteiger partial charge in [0.05, 0.1) is 45.2 Å². The number of Topliss-reactive ketones (excluding diaryl/α,β-unsaturated/α-hetero) is 1. The van der Waals surface area contributed by atoms with Gasteiger partial charge in [-0.15, -0.1) is 0 Å². The van der Waals surface area contributed by atoms with Crippen molar-refractivity contribution in [2.24, 2.45) is 0 Å². The van der Waals surface area contributed by atoms with Crippen LogP contribution >= 0.6 is 0 Å². The zero-order valence-electron chi connectivity index (χ0n) is 21.0. The molecule has 0 saturated carbocycles. The number of ketones is 1. The number of benzene rings is 3. The van der Waals surface area contributed by atoms with Gasteiger partial charge < -0.3 is 18.9 Å². The van der Waals surface area contributed by atoms with E-state index in [-0.39, 0.29) is 23.6 Å². The van der Waals surface area contributed by atoms with Crippen molar-refractivity contribution in [2.45, 2.75) is 13.0 Å². The van der Waals surface area contributed by atoms with Crippen LogP contribution in [0.15, 0.2) is 66.9 Å². The Balaban J connectivity index is 1.83. The molecule has 3 aromatic carbocycles. The molecule has 37 heavy (non-hydrogen) atoms. The maximum atomic E-state index is 13.2. The largest absolute Gasteiger partial charge is 0.493 e. The van der Waals surface area contributed by atoms with Crippen molar-refractivity contribution in [3.63, 3.8) is 0 Å². The summed E-state index contributed by atoms with van der Waals surface area (Å²) in [5, 5.41) is 13.0. The van der Waals surface area contributed by atoms with Crippen LogP contribution in [0.25, 0.3) is 10.8 Å². The molecule has 1 heterocycles. The molecule has 4 aromatic rings. The Morgan fingerprint density at radius 2 is 1.51 bits per heavy atom. The van der Waals surface area contributed by atoms with Crippen molar-refractivity contribution in [1.29, 1.82) is 0 Å². The highest BCUT2D eigenvalue weighted by Crippen LogP contribution is 2.34. The minimum atomic E-state index is -0.512. The first-order chi connectivity index (χ1) is 17.9. The quantitative estimate of drug-likeness (QED) is 0.135. The summed E-state index contributed by atoms with van der Waals surface area (Å²) in [7, 11) is 6.31. The first-order valence-electron chi connectivity index (χ1n) is 11.4. The van der Waals surface area contributed by atoms with Gasteiger partial charge in [0.15, 0.2) is 34.9 Å². The molecule has 0 radical (unpaired) electrons. The van der Waals surface area contributed by atoms with Crippen molar-refractivity contribution < 1.29 is 33.2 Å². The predicted molar refractivity (Wildman–Crippen MR) is 137 cm³/mol. The summed E-state index contributed by atoms with van der Waals surface area (Å²) in [5.74, 6) is 2.12. The van der Waals surface area contributed by atoms with Crippen LogP contribution in [0.5, 0.6) is 23.0 Å². The number of hydrogen-bond donors (Lipinski definition) is 0. The molecule has 9 heteroatoms. The normalized spacial score (nSPS) is 10.7. The van der Waals surface area contributed by atoms with E-state index in [9.17, 15) is 14.9 Å². The lowest BCUT2D eigenvalue weighted by Gasteiger charge is -2.13. The lowest BCUT2D eigenvalue weighted by atomic mass is 10.0. The minimum absolute atomic E-state index is 0.00588. The van der Waals surface area contributed by atoms with E-state index in [1.807, 2.05) is 47.2 Å². The average molecular weight is 504 g/mol. The van der Waals surface area contributed by atoms with Gasteiger partial charge in [0, 0.05) is 23.8 Å². The fraction of sp³-hybridized carbons (Fsp3) is 0.214. The summed E-state index contributed by atoms with van der Waals surface area (Å²) in [5.41, 5.74) is 1.93. The molecule has 190 valence electrons. The second-order valence-corrected chi connectivity index (χ2v) is 8.28.